The van der Waals surface area contributed by atoms with Crippen molar-refractivity contribution in [2.75, 3.05) is 39.8 Å². The maximum Gasteiger partial charge on any atom is 0.0499 e. The molecule has 0 spiro atoms. The highest BCUT2D eigenvalue weighted by molar-refractivity contribution is 4.89. The molecule has 0 amide bonds. The van der Waals surface area contributed by atoms with E-state index in [2.05, 4.69) is 23.8 Å². The Hall–Kier alpha value is -0.120. The molecule has 0 bridgehead atoms. The molecular formula is C14H28N2O. The molecule has 0 aromatic carbocycles. The van der Waals surface area contributed by atoms with Crippen LogP contribution in [0.15, 0.2) is 0 Å². The maximum atomic E-state index is 9.69. The number of aliphatic hydroxyl groups excluding tert-OH is 1. The first kappa shape index (κ1) is 13.3. The molecule has 2 fully saturated rings. The van der Waals surface area contributed by atoms with Crippen LogP contribution in [0.3, 0.4) is 0 Å². The van der Waals surface area contributed by atoms with Gasteiger partial charge in [-0.05, 0) is 26.3 Å². The maximum absolute atomic E-state index is 9.69. The lowest BCUT2D eigenvalue weighted by atomic mass is 9.86. The Morgan fingerprint density at radius 1 is 1.24 bits per heavy atom. The second-order valence-electron chi connectivity index (χ2n) is 6.14. The van der Waals surface area contributed by atoms with E-state index in [-0.39, 0.29) is 5.41 Å². The van der Waals surface area contributed by atoms with Crippen LogP contribution in [-0.2, 0) is 0 Å². The molecule has 1 aliphatic carbocycles. The summed E-state index contributed by atoms with van der Waals surface area (Å²) in [7, 11) is 2.24. The predicted molar refractivity (Wildman–Crippen MR) is 71.1 cm³/mol. The third kappa shape index (κ3) is 3.01. The van der Waals surface area contributed by atoms with Gasteiger partial charge < -0.3 is 10.0 Å². The van der Waals surface area contributed by atoms with Crippen molar-refractivity contribution in [3.05, 3.63) is 0 Å². The lowest BCUT2D eigenvalue weighted by Gasteiger charge is -2.42. The Morgan fingerprint density at radius 3 is 2.53 bits per heavy atom. The number of likely N-dealkylation sites (N-methyl/N-ethyl adjacent to an activating group) is 1. The number of hydrogen-bond donors (Lipinski definition) is 1. The zero-order chi connectivity index (χ0) is 12.3. The molecule has 2 rings (SSSR count). The van der Waals surface area contributed by atoms with Gasteiger partial charge in [-0.1, -0.05) is 19.8 Å². The molecule has 1 unspecified atom stereocenters. The number of hydrogen-bond acceptors (Lipinski definition) is 3. The average Bonchev–Trinajstić information content (AvgIpc) is 2.81. The van der Waals surface area contributed by atoms with Gasteiger partial charge in [-0.25, -0.2) is 0 Å². The van der Waals surface area contributed by atoms with Crippen LogP contribution >= 0.6 is 0 Å². The number of piperazine rings is 1. The summed E-state index contributed by atoms with van der Waals surface area (Å²) in [5.74, 6) is 0. The highest BCUT2D eigenvalue weighted by Crippen LogP contribution is 2.38. The Morgan fingerprint density at radius 2 is 1.94 bits per heavy atom. The van der Waals surface area contributed by atoms with E-state index in [4.69, 9.17) is 0 Å². The van der Waals surface area contributed by atoms with Crippen molar-refractivity contribution in [3.63, 3.8) is 0 Å². The topological polar surface area (TPSA) is 26.7 Å². The van der Waals surface area contributed by atoms with Crippen LogP contribution in [0.4, 0.5) is 0 Å². The largest absolute Gasteiger partial charge is 0.396 e. The normalized spacial score (nSPS) is 30.9. The molecule has 1 heterocycles. The summed E-state index contributed by atoms with van der Waals surface area (Å²) in [6, 6.07) is 0.709. The third-order valence-corrected chi connectivity index (χ3v) is 4.89. The molecule has 0 aromatic heterocycles. The standard InChI is InChI=1S/C14H28N2O/c1-3-13-10-16(9-8-15(13)2)11-14(12-17)6-4-5-7-14/h13,17H,3-12H2,1-2H3. The fourth-order valence-electron chi connectivity index (χ4n) is 3.56. The summed E-state index contributed by atoms with van der Waals surface area (Å²) < 4.78 is 0. The fraction of sp³-hybridized carbons (Fsp3) is 1.00. The van der Waals surface area contributed by atoms with Crippen LogP contribution in [0, 0.1) is 5.41 Å². The number of rotatable bonds is 4. The summed E-state index contributed by atoms with van der Waals surface area (Å²) >= 11 is 0. The van der Waals surface area contributed by atoms with Gasteiger partial charge in [0, 0.05) is 44.2 Å². The first-order chi connectivity index (χ1) is 8.19. The Kier molecular flexibility index (Phi) is 4.45. The smallest absolute Gasteiger partial charge is 0.0499 e. The van der Waals surface area contributed by atoms with Crippen LogP contribution in [0.1, 0.15) is 39.0 Å². The Balaban J connectivity index is 1.90. The molecule has 0 aromatic rings. The summed E-state index contributed by atoms with van der Waals surface area (Å²) in [5.41, 5.74) is 0.230. The Bertz CT molecular complexity index is 238. The van der Waals surface area contributed by atoms with Crippen molar-refractivity contribution in [2.45, 2.75) is 45.1 Å². The second-order valence-corrected chi connectivity index (χ2v) is 6.14. The average molecular weight is 240 g/mol. The minimum Gasteiger partial charge on any atom is -0.396 e. The van der Waals surface area contributed by atoms with Crippen molar-refractivity contribution < 1.29 is 5.11 Å². The molecule has 0 radical (unpaired) electrons. The number of aliphatic hydroxyl groups is 1. The van der Waals surface area contributed by atoms with Gasteiger partial charge in [0.2, 0.25) is 0 Å². The minimum absolute atomic E-state index is 0.230. The third-order valence-electron chi connectivity index (χ3n) is 4.89. The van der Waals surface area contributed by atoms with E-state index in [9.17, 15) is 5.11 Å². The molecule has 1 atom stereocenters. The quantitative estimate of drug-likeness (QED) is 0.808. The van der Waals surface area contributed by atoms with Gasteiger partial charge in [-0.3, -0.25) is 4.90 Å². The SMILES string of the molecule is CCC1CN(CC2(CO)CCCC2)CCN1C. The van der Waals surface area contributed by atoms with Crippen molar-refractivity contribution in [1.29, 1.82) is 0 Å². The van der Waals surface area contributed by atoms with Crippen molar-refractivity contribution in [1.82, 2.24) is 9.80 Å². The second kappa shape index (κ2) is 5.68. The van der Waals surface area contributed by atoms with E-state index >= 15 is 0 Å². The highest BCUT2D eigenvalue weighted by Gasteiger charge is 2.36. The lowest BCUT2D eigenvalue weighted by Crippen LogP contribution is -2.53. The van der Waals surface area contributed by atoms with Gasteiger partial charge >= 0.3 is 0 Å². The summed E-state index contributed by atoms with van der Waals surface area (Å²) in [5, 5.41) is 9.69. The van der Waals surface area contributed by atoms with E-state index in [0.717, 1.165) is 6.54 Å². The predicted octanol–water partition coefficient (Wildman–Crippen LogP) is 1.57. The van der Waals surface area contributed by atoms with E-state index in [1.165, 1.54) is 51.7 Å². The van der Waals surface area contributed by atoms with E-state index < -0.39 is 0 Å². The van der Waals surface area contributed by atoms with Crippen molar-refractivity contribution >= 4 is 0 Å². The lowest BCUT2D eigenvalue weighted by molar-refractivity contribution is 0.0322. The van der Waals surface area contributed by atoms with E-state index in [0.29, 0.717) is 12.6 Å². The zero-order valence-electron chi connectivity index (χ0n) is 11.5. The molecular weight excluding hydrogens is 212 g/mol. The van der Waals surface area contributed by atoms with Crippen LogP contribution in [0.25, 0.3) is 0 Å². The van der Waals surface area contributed by atoms with Gasteiger partial charge in [-0.15, -0.1) is 0 Å². The molecule has 1 aliphatic heterocycles. The van der Waals surface area contributed by atoms with Crippen LogP contribution in [0.2, 0.25) is 0 Å². The molecule has 1 saturated heterocycles. The molecule has 17 heavy (non-hydrogen) atoms. The summed E-state index contributed by atoms with van der Waals surface area (Å²) in [6.07, 6.45) is 6.31. The number of nitrogens with zero attached hydrogens (tertiary/aromatic N) is 2. The van der Waals surface area contributed by atoms with Crippen molar-refractivity contribution in [2.24, 2.45) is 5.41 Å². The van der Waals surface area contributed by atoms with Crippen LogP contribution in [0.5, 0.6) is 0 Å². The summed E-state index contributed by atoms with van der Waals surface area (Å²) in [4.78, 5) is 5.08. The first-order valence-corrected chi connectivity index (χ1v) is 7.22. The van der Waals surface area contributed by atoms with Crippen molar-refractivity contribution in [3.8, 4) is 0 Å². The molecule has 1 saturated carbocycles. The van der Waals surface area contributed by atoms with Crippen LogP contribution in [-0.4, -0.2) is 60.8 Å². The first-order valence-electron chi connectivity index (χ1n) is 7.22. The van der Waals surface area contributed by atoms with Gasteiger partial charge in [0.15, 0.2) is 0 Å². The van der Waals surface area contributed by atoms with E-state index in [1.54, 1.807) is 0 Å². The molecule has 100 valence electrons. The van der Waals surface area contributed by atoms with E-state index in [1.807, 2.05) is 0 Å². The minimum atomic E-state index is 0.230. The highest BCUT2D eigenvalue weighted by atomic mass is 16.3. The zero-order valence-corrected chi connectivity index (χ0v) is 11.5. The molecule has 1 N–H and O–H groups in total. The molecule has 2 aliphatic rings. The van der Waals surface area contributed by atoms with Gasteiger partial charge in [0.05, 0.1) is 0 Å². The molecule has 3 heteroatoms. The van der Waals surface area contributed by atoms with Crippen LogP contribution < -0.4 is 0 Å². The summed E-state index contributed by atoms with van der Waals surface area (Å²) in [6.45, 7) is 7.33. The fourth-order valence-corrected chi connectivity index (χ4v) is 3.56. The Labute approximate surface area is 106 Å². The molecule has 3 nitrogen and oxygen atoms in total. The monoisotopic (exact) mass is 240 g/mol. The van der Waals surface area contributed by atoms with Gasteiger partial charge in [-0.2, -0.15) is 0 Å². The van der Waals surface area contributed by atoms with Gasteiger partial charge in [0.1, 0.15) is 0 Å². The van der Waals surface area contributed by atoms with Gasteiger partial charge in [0.25, 0.3) is 0 Å².